The summed E-state index contributed by atoms with van der Waals surface area (Å²) in [5, 5.41) is 3.46. The van der Waals surface area contributed by atoms with Gasteiger partial charge in [-0.1, -0.05) is 18.2 Å². The first-order valence-corrected chi connectivity index (χ1v) is 8.74. The van der Waals surface area contributed by atoms with Gasteiger partial charge in [-0.2, -0.15) is 0 Å². The fraction of sp³-hybridized carbons (Fsp3) is 0.400. The highest BCUT2D eigenvalue weighted by Crippen LogP contribution is 2.31. The number of aromatic nitrogens is 2. The monoisotopic (exact) mass is 305 g/mol. The summed E-state index contributed by atoms with van der Waals surface area (Å²) in [6.07, 6.45) is 5.17. The second-order valence-electron chi connectivity index (χ2n) is 5.36. The molecule has 0 amide bonds. The first-order chi connectivity index (χ1) is 10.1. The summed E-state index contributed by atoms with van der Waals surface area (Å²) in [4.78, 5) is 4.77. The maximum Gasteiger partial charge on any atom is 0.178 e. The number of hydrogen-bond acceptors (Lipinski definition) is 4. The molecule has 0 aliphatic carbocycles. The molecule has 3 rings (SSSR count). The summed E-state index contributed by atoms with van der Waals surface area (Å²) in [7, 11) is -1.13. The molecule has 0 bridgehead atoms. The average Bonchev–Trinajstić information content (AvgIpc) is 2.87. The van der Waals surface area contributed by atoms with E-state index in [2.05, 4.69) is 10.3 Å². The van der Waals surface area contributed by atoms with Gasteiger partial charge in [0.2, 0.25) is 0 Å². The minimum atomic E-state index is -3.11. The van der Waals surface area contributed by atoms with Gasteiger partial charge in [0.1, 0.15) is 5.82 Å². The van der Waals surface area contributed by atoms with Crippen LogP contribution in [0.15, 0.2) is 41.6 Å². The van der Waals surface area contributed by atoms with Gasteiger partial charge in [-0.05, 0) is 18.1 Å². The van der Waals surface area contributed by atoms with Crippen molar-refractivity contribution in [3.8, 4) is 0 Å². The number of nitrogens with zero attached hydrogens (tertiary/aromatic N) is 2. The highest BCUT2D eigenvalue weighted by atomic mass is 32.2. The van der Waals surface area contributed by atoms with E-state index < -0.39 is 9.84 Å². The van der Waals surface area contributed by atoms with Crippen LogP contribution < -0.4 is 5.32 Å². The van der Waals surface area contributed by atoms with Gasteiger partial charge in [-0.15, -0.1) is 0 Å². The molecule has 1 aromatic heterocycles. The van der Waals surface area contributed by atoms with Crippen LogP contribution in [-0.2, 0) is 23.3 Å². The van der Waals surface area contributed by atoms with E-state index >= 15 is 0 Å². The predicted molar refractivity (Wildman–Crippen MR) is 80.8 cm³/mol. The van der Waals surface area contributed by atoms with Crippen LogP contribution in [0.2, 0.25) is 0 Å². The minimum Gasteiger partial charge on any atom is -0.338 e. The smallest absolute Gasteiger partial charge is 0.178 e. The minimum absolute atomic E-state index is 0.102. The molecular formula is C15H19N3O2S. The van der Waals surface area contributed by atoms with Crippen LogP contribution in [-0.4, -0.2) is 30.3 Å². The van der Waals surface area contributed by atoms with E-state index in [1.165, 1.54) is 0 Å². The molecule has 1 aliphatic rings. The van der Waals surface area contributed by atoms with Crippen LogP contribution in [0.25, 0.3) is 0 Å². The molecule has 5 nitrogen and oxygen atoms in total. The third-order valence-electron chi connectivity index (χ3n) is 3.97. The lowest BCUT2D eigenvalue weighted by atomic mass is 10.0. The zero-order valence-corrected chi connectivity index (χ0v) is 12.8. The quantitative estimate of drug-likeness (QED) is 0.929. The average molecular weight is 305 g/mol. The largest absolute Gasteiger partial charge is 0.338 e. The number of nitrogens with one attached hydrogen (secondary N) is 1. The third-order valence-corrected chi connectivity index (χ3v) is 5.78. The van der Waals surface area contributed by atoms with Crippen LogP contribution in [0, 0.1) is 0 Å². The van der Waals surface area contributed by atoms with E-state index in [0.717, 1.165) is 24.4 Å². The summed E-state index contributed by atoms with van der Waals surface area (Å²) < 4.78 is 26.2. The second kappa shape index (κ2) is 5.61. The highest BCUT2D eigenvalue weighted by Gasteiger charge is 2.29. The summed E-state index contributed by atoms with van der Waals surface area (Å²) >= 11 is 0. The van der Waals surface area contributed by atoms with Gasteiger partial charge in [-0.3, -0.25) is 0 Å². The molecule has 1 N–H and O–H groups in total. The molecule has 1 aliphatic heterocycles. The van der Waals surface area contributed by atoms with Crippen LogP contribution in [0.5, 0.6) is 0 Å². The molecular weight excluding hydrogens is 286 g/mol. The van der Waals surface area contributed by atoms with Crippen LogP contribution in [0.1, 0.15) is 23.9 Å². The molecule has 0 saturated carbocycles. The number of aryl methyl sites for hydroxylation is 1. The van der Waals surface area contributed by atoms with E-state index in [1.807, 2.05) is 29.9 Å². The molecule has 0 radical (unpaired) electrons. The van der Waals surface area contributed by atoms with Crippen LogP contribution in [0.4, 0.5) is 0 Å². The molecule has 21 heavy (non-hydrogen) atoms. The normalized spacial score (nSPS) is 20.1. The Hall–Kier alpha value is -1.66. The summed E-state index contributed by atoms with van der Waals surface area (Å²) in [5.74, 6) is 1.24. The van der Waals surface area contributed by atoms with Crippen molar-refractivity contribution in [1.82, 2.24) is 14.9 Å². The zero-order chi connectivity index (χ0) is 14.9. The molecule has 0 spiro atoms. The van der Waals surface area contributed by atoms with E-state index in [1.54, 1.807) is 18.3 Å². The van der Waals surface area contributed by atoms with Crippen LogP contribution in [0.3, 0.4) is 0 Å². The van der Waals surface area contributed by atoms with Crippen molar-refractivity contribution < 1.29 is 8.42 Å². The number of imidazole rings is 1. The summed E-state index contributed by atoms with van der Waals surface area (Å²) in [6.45, 7) is 0.782. The number of benzene rings is 1. The third kappa shape index (κ3) is 2.87. The lowest BCUT2D eigenvalue weighted by Gasteiger charge is -2.26. The van der Waals surface area contributed by atoms with Gasteiger partial charge in [0.25, 0.3) is 0 Å². The summed E-state index contributed by atoms with van der Waals surface area (Å²) in [6, 6.07) is 7.39. The SMILES string of the molecule is Cn1ccnc1CCNC1CCS(=O)(=O)c2ccccc21. The van der Waals surface area contributed by atoms with E-state index in [4.69, 9.17) is 0 Å². The lowest BCUT2D eigenvalue weighted by molar-refractivity contribution is 0.490. The maximum absolute atomic E-state index is 12.1. The lowest BCUT2D eigenvalue weighted by Crippen LogP contribution is -2.31. The fourth-order valence-corrected chi connectivity index (χ4v) is 4.42. The predicted octanol–water partition coefficient (Wildman–Crippen LogP) is 1.47. The highest BCUT2D eigenvalue weighted by molar-refractivity contribution is 7.91. The van der Waals surface area contributed by atoms with E-state index in [0.29, 0.717) is 11.3 Å². The number of rotatable bonds is 4. The Morgan fingerprint density at radius 3 is 2.95 bits per heavy atom. The molecule has 1 atom stereocenters. The van der Waals surface area contributed by atoms with Crippen molar-refractivity contribution in [2.75, 3.05) is 12.3 Å². The van der Waals surface area contributed by atoms with Gasteiger partial charge in [-0.25, -0.2) is 13.4 Å². The fourth-order valence-electron chi connectivity index (χ4n) is 2.80. The van der Waals surface area contributed by atoms with Gasteiger partial charge < -0.3 is 9.88 Å². The molecule has 0 saturated heterocycles. The van der Waals surface area contributed by atoms with Crippen molar-refractivity contribution in [2.24, 2.45) is 7.05 Å². The van der Waals surface area contributed by atoms with Crippen molar-refractivity contribution in [3.05, 3.63) is 48.0 Å². The Labute approximate surface area is 124 Å². The van der Waals surface area contributed by atoms with Crippen molar-refractivity contribution >= 4 is 9.84 Å². The Balaban J connectivity index is 1.71. The molecule has 1 unspecified atom stereocenters. The van der Waals surface area contributed by atoms with Crippen molar-refractivity contribution in [2.45, 2.75) is 23.8 Å². The first-order valence-electron chi connectivity index (χ1n) is 7.09. The van der Waals surface area contributed by atoms with Gasteiger partial charge >= 0.3 is 0 Å². The molecule has 2 aromatic rings. The molecule has 0 fully saturated rings. The van der Waals surface area contributed by atoms with Gasteiger partial charge in [0, 0.05) is 38.4 Å². The Bertz CT molecular complexity index is 737. The number of hydrogen-bond donors (Lipinski definition) is 1. The molecule has 1 aromatic carbocycles. The Morgan fingerprint density at radius 1 is 1.38 bits per heavy atom. The molecule has 112 valence electrons. The van der Waals surface area contributed by atoms with E-state index in [-0.39, 0.29) is 11.8 Å². The maximum atomic E-state index is 12.1. The molecule has 6 heteroatoms. The number of fused-ring (bicyclic) bond motifs is 1. The second-order valence-corrected chi connectivity index (χ2v) is 7.43. The van der Waals surface area contributed by atoms with Crippen LogP contribution >= 0.6 is 0 Å². The Morgan fingerprint density at radius 2 is 2.19 bits per heavy atom. The molecule has 2 heterocycles. The number of sulfone groups is 1. The van der Waals surface area contributed by atoms with Crippen molar-refractivity contribution in [1.29, 1.82) is 0 Å². The summed E-state index contributed by atoms with van der Waals surface area (Å²) in [5.41, 5.74) is 0.892. The van der Waals surface area contributed by atoms with Gasteiger partial charge in [0.15, 0.2) is 9.84 Å². The topological polar surface area (TPSA) is 64.0 Å². The standard InChI is InChI=1S/C15H19N3O2S/c1-18-10-9-17-15(18)6-8-16-13-7-11-21(19,20)14-5-3-2-4-12(13)14/h2-5,9-10,13,16H,6-8,11H2,1H3. The zero-order valence-electron chi connectivity index (χ0n) is 12.0. The van der Waals surface area contributed by atoms with E-state index in [9.17, 15) is 8.42 Å². The Kier molecular flexibility index (Phi) is 3.82. The van der Waals surface area contributed by atoms with Crippen molar-refractivity contribution in [3.63, 3.8) is 0 Å². The first kappa shape index (κ1) is 14.3. The van der Waals surface area contributed by atoms with Gasteiger partial charge in [0.05, 0.1) is 10.6 Å².